The summed E-state index contributed by atoms with van der Waals surface area (Å²) in [5, 5.41) is 4.09. The molecule has 2 aromatic rings. The van der Waals surface area contributed by atoms with Crippen LogP contribution in [0.3, 0.4) is 0 Å². The van der Waals surface area contributed by atoms with Gasteiger partial charge in [0.1, 0.15) is 5.76 Å². The van der Waals surface area contributed by atoms with Gasteiger partial charge in [0.25, 0.3) is 0 Å². The summed E-state index contributed by atoms with van der Waals surface area (Å²) in [4.78, 5) is 0. The molecule has 2 nitrogen and oxygen atoms in total. The predicted molar refractivity (Wildman–Crippen MR) is 70.4 cm³/mol. The molecule has 1 unspecified atom stereocenters. The van der Waals surface area contributed by atoms with Crippen LogP contribution in [0.4, 0.5) is 0 Å². The molecule has 1 aromatic carbocycles. The molecule has 0 bridgehead atoms. The summed E-state index contributed by atoms with van der Waals surface area (Å²) in [6.07, 6.45) is 2.66. The molecule has 1 aromatic heterocycles. The summed E-state index contributed by atoms with van der Waals surface area (Å²) in [6, 6.07) is 10.3. The standard InChI is InChI=1S/C14H16ClNO/c1-10-13(7-8-17-10)14(16-2)9-11-3-5-12(15)6-4-11/h3-8,14,16H,9H2,1-2H3. The summed E-state index contributed by atoms with van der Waals surface area (Å²) < 4.78 is 5.34. The van der Waals surface area contributed by atoms with E-state index in [0.717, 1.165) is 17.2 Å². The molecule has 0 saturated carbocycles. The minimum Gasteiger partial charge on any atom is -0.469 e. The lowest BCUT2D eigenvalue weighted by molar-refractivity contribution is 0.512. The van der Waals surface area contributed by atoms with Crippen molar-refractivity contribution < 1.29 is 4.42 Å². The minimum absolute atomic E-state index is 0.273. The van der Waals surface area contributed by atoms with E-state index in [0.29, 0.717) is 0 Å². The van der Waals surface area contributed by atoms with Crippen molar-refractivity contribution in [3.8, 4) is 0 Å². The van der Waals surface area contributed by atoms with E-state index in [1.54, 1.807) is 6.26 Å². The van der Waals surface area contributed by atoms with Crippen molar-refractivity contribution in [3.05, 3.63) is 58.5 Å². The van der Waals surface area contributed by atoms with Crippen LogP contribution in [0.25, 0.3) is 0 Å². The number of furan rings is 1. The van der Waals surface area contributed by atoms with Crippen LogP contribution in [-0.4, -0.2) is 7.05 Å². The highest BCUT2D eigenvalue weighted by atomic mass is 35.5. The van der Waals surface area contributed by atoms with Crippen LogP contribution in [0.1, 0.15) is 22.9 Å². The lowest BCUT2D eigenvalue weighted by Crippen LogP contribution is -2.19. The third-order valence-corrected chi connectivity index (χ3v) is 3.23. The minimum atomic E-state index is 0.273. The maximum Gasteiger partial charge on any atom is 0.105 e. The molecule has 0 aliphatic heterocycles. The second-order valence-electron chi connectivity index (χ2n) is 4.10. The molecule has 0 radical (unpaired) electrons. The van der Waals surface area contributed by atoms with Gasteiger partial charge in [-0.25, -0.2) is 0 Å². The van der Waals surface area contributed by atoms with Crippen molar-refractivity contribution in [1.82, 2.24) is 5.32 Å². The highest BCUT2D eigenvalue weighted by molar-refractivity contribution is 6.30. The Hall–Kier alpha value is -1.25. The molecule has 2 rings (SSSR count). The summed E-state index contributed by atoms with van der Waals surface area (Å²) >= 11 is 5.88. The molecule has 0 amide bonds. The van der Waals surface area contributed by atoms with Crippen molar-refractivity contribution >= 4 is 11.6 Å². The van der Waals surface area contributed by atoms with Crippen LogP contribution in [0.5, 0.6) is 0 Å². The van der Waals surface area contributed by atoms with Crippen LogP contribution >= 0.6 is 11.6 Å². The molecule has 0 spiro atoms. The summed E-state index contributed by atoms with van der Waals surface area (Å²) in [5.41, 5.74) is 2.47. The molecule has 0 fully saturated rings. The van der Waals surface area contributed by atoms with Crippen molar-refractivity contribution in [2.45, 2.75) is 19.4 Å². The Morgan fingerprint density at radius 3 is 2.47 bits per heavy atom. The van der Waals surface area contributed by atoms with Crippen molar-refractivity contribution in [2.75, 3.05) is 7.05 Å². The van der Waals surface area contributed by atoms with E-state index < -0.39 is 0 Å². The third-order valence-electron chi connectivity index (χ3n) is 2.98. The first-order chi connectivity index (χ1) is 8.20. The van der Waals surface area contributed by atoms with Crippen molar-refractivity contribution in [1.29, 1.82) is 0 Å². The Bertz CT molecular complexity index is 475. The van der Waals surface area contributed by atoms with Gasteiger partial charge in [-0.2, -0.15) is 0 Å². The van der Waals surface area contributed by atoms with Gasteiger partial charge in [0.2, 0.25) is 0 Å². The molecule has 1 atom stereocenters. The largest absolute Gasteiger partial charge is 0.469 e. The predicted octanol–water partition coefficient (Wildman–Crippen LogP) is 3.74. The first-order valence-electron chi connectivity index (χ1n) is 5.66. The van der Waals surface area contributed by atoms with Crippen LogP contribution in [0, 0.1) is 6.92 Å². The number of aryl methyl sites for hydroxylation is 1. The fourth-order valence-corrected chi connectivity index (χ4v) is 2.11. The van der Waals surface area contributed by atoms with E-state index in [1.807, 2.05) is 32.2 Å². The Morgan fingerprint density at radius 1 is 1.24 bits per heavy atom. The fraction of sp³-hybridized carbons (Fsp3) is 0.286. The summed E-state index contributed by atoms with van der Waals surface area (Å²) in [5.74, 6) is 0.971. The molecule has 90 valence electrons. The van der Waals surface area contributed by atoms with Crippen molar-refractivity contribution in [3.63, 3.8) is 0 Å². The molecule has 0 aliphatic carbocycles. The first kappa shape index (κ1) is 12.2. The normalized spacial score (nSPS) is 12.6. The molecule has 17 heavy (non-hydrogen) atoms. The number of rotatable bonds is 4. The van der Waals surface area contributed by atoms with Gasteiger partial charge in [-0.15, -0.1) is 0 Å². The molecular formula is C14H16ClNO. The van der Waals surface area contributed by atoms with E-state index in [-0.39, 0.29) is 6.04 Å². The third kappa shape index (κ3) is 2.90. The highest BCUT2D eigenvalue weighted by Crippen LogP contribution is 2.23. The summed E-state index contributed by atoms with van der Waals surface area (Å²) in [7, 11) is 1.97. The van der Waals surface area contributed by atoms with E-state index in [1.165, 1.54) is 11.1 Å². The fourth-order valence-electron chi connectivity index (χ4n) is 1.98. The number of hydrogen-bond acceptors (Lipinski definition) is 2. The van der Waals surface area contributed by atoms with Crippen LogP contribution in [0.15, 0.2) is 41.0 Å². The number of benzene rings is 1. The molecule has 0 saturated heterocycles. The van der Waals surface area contributed by atoms with E-state index in [2.05, 4.69) is 17.4 Å². The van der Waals surface area contributed by atoms with Gasteiger partial charge in [-0.3, -0.25) is 0 Å². The SMILES string of the molecule is CNC(Cc1ccc(Cl)cc1)c1ccoc1C. The van der Waals surface area contributed by atoms with E-state index >= 15 is 0 Å². The zero-order valence-electron chi connectivity index (χ0n) is 10.0. The van der Waals surface area contributed by atoms with Crippen LogP contribution < -0.4 is 5.32 Å². The number of halogens is 1. The number of nitrogens with one attached hydrogen (secondary N) is 1. The van der Waals surface area contributed by atoms with Crippen LogP contribution in [-0.2, 0) is 6.42 Å². The summed E-state index contributed by atoms with van der Waals surface area (Å²) in [6.45, 7) is 1.99. The van der Waals surface area contributed by atoms with Gasteiger partial charge in [-0.05, 0) is 44.2 Å². The topological polar surface area (TPSA) is 25.2 Å². The van der Waals surface area contributed by atoms with Crippen LogP contribution in [0.2, 0.25) is 5.02 Å². The Balaban J connectivity index is 2.16. The van der Waals surface area contributed by atoms with Gasteiger partial charge >= 0.3 is 0 Å². The van der Waals surface area contributed by atoms with Crippen molar-refractivity contribution in [2.24, 2.45) is 0 Å². The molecule has 0 aliphatic rings. The lowest BCUT2D eigenvalue weighted by Gasteiger charge is -2.15. The van der Waals surface area contributed by atoms with Gasteiger partial charge in [0, 0.05) is 16.6 Å². The Kier molecular flexibility index (Phi) is 3.87. The molecule has 3 heteroatoms. The quantitative estimate of drug-likeness (QED) is 0.893. The zero-order chi connectivity index (χ0) is 12.3. The number of likely N-dealkylation sites (N-methyl/N-ethyl adjacent to an activating group) is 1. The Labute approximate surface area is 107 Å². The van der Waals surface area contributed by atoms with Gasteiger partial charge < -0.3 is 9.73 Å². The molecular weight excluding hydrogens is 234 g/mol. The average molecular weight is 250 g/mol. The maximum atomic E-state index is 5.88. The molecule has 1 N–H and O–H groups in total. The first-order valence-corrected chi connectivity index (χ1v) is 6.04. The Morgan fingerprint density at radius 2 is 1.94 bits per heavy atom. The second-order valence-corrected chi connectivity index (χ2v) is 4.54. The number of hydrogen-bond donors (Lipinski definition) is 1. The second kappa shape index (κ2) is 5.39. The maximum absolute atomic E-state index is 5.88. The van der Waals surface area contributed by atoms with E-state index in [9.17, 15) is 0 Å². The van der Waals surface area contributed by atoms with Gasteiger partial charge in [-0.1, -0.05) is 23.7 Å². The van der Waals surface area contributed by atoms with Gasteiger partial charge in [0.05, 0.1) is 6.26 Å². The monoisotopic (exact) mass is 249 g/mol. The highest BCUT2D eigenvalue weighted by Gasteiger charge is 2.14. The molecule has 1 heterocycles. The average Bonchev–Trinajstić information content (AvgIpc) is 2.75. The lowest BCUT2D eigenvalue weighted by atomic mass is 10.00. The smallest absolute Gasteiger partial charge is 0.105 e. The zero-order valence-corrected chi connectivity index (χ0v) is 10.8. The van der Waals surface area contributed by atoms with Gasteiger partial charge in [0.15, 0.2) is 0 Å². The van der Waals surface area contributed by atoms with E-state index in [4.69, 9.17) is 16.0 Å².